The van der Waals surface area contributed by atoms with E-state index in [2.05, 4.69) is 27.0 Å². The van der Waals surface area contributed by atoms with E-state index in [9.17, 15) is 18.0 Å². The number of para-hydroxylation sites is 1. The van der Waals surface area contributed by atoms with E-state index in [4.69, 9.17) is 11.1 Å². The summed E-state index contributed by atoms with van der Waals surface area (Å²) in [6, 6.07) is 10.6. The van der Waals surface area contributed by atoms with Crippen molar-refractivity contribution >= 4 is 23.0 Å². The molecule has 0 saturated carbocycles. The predicted molar refractivity (Wildman–Crippen MR) is 146 cm³/mol. The maximum atomic E-state index is 13.9. The molecule has 1 fully saturated rings. The molecule has 0 bridgehead atoms. The largest absolute Gasteiger partial charge is 0.416 e. The van der Waals surface area contributed by atoms with Gasteiger partial charge in [0.05, 0.1) is 11.1 Å². The normalized spacial score (nSPS) is 14.4. The highest BCUT2D eigenvalue weighted by Crippen LogP contribution is 2.34. The van der Waals surface area contributed by atoms with Gasteiger partial charge in [-0.15, -0.1) is 0 Å². The van der Waals surface area contributed by atoms with Crippen LogP contribution < -0.4 is 11.1 Å². The van der Waals surface area contributed by atoms with Crippen LogP contribution in [0.2, 0.25) is 0 Å². The van der Waals surface area contributed by atoms with Crippen LogP contribution in [-0.4, -0.2) is 59.6 Å². The second-order valence-corrected chi connectivity index (χ2v) is 9.53. The third kappa shape index (κ3) is 7.02. The molecule has 10 heteroatoms. The Morgan fingerprint density at radius 2 is 1.87 bits per heavy atom. The summed E-state index contributed by atoms with van der Waals surface area (Å²) >= 11 is 0. The van der Waals surface area contributed by atoms with Crippen LogP contribution in [0.15, 0.2) is 54.9 Å². The number of pyridine rings is 1. The Kier molecular flexibility index (Phi) is 8.33. The fraction of sp³-hybridized carbons (Fsp3) is 0.276. The first-order valence-electron chi connectivity index (χ1n) is 12.3. The number of anilines is 2. The summed E-state index contributed by atoms with van der Waals surface area (Å²) in [5, 5.41) is 10.8. The number of hydrogen-bond donors (Lipinski definition) is 3. The van der Waals surface area contributed by atoms with Crippen molar-refractivity contribution in [2.75, 3.05) is 44.3 Å². The van der Waals surface area contributed by atoms with Crippen LogP contribution in [0.3, 0.4) is 0 Å². The smallest absolute Gasteiger partial charge is 0.398 e. The molecule has 1 aromatic heterocycles. The number of aryl methyl sites for hydroxylation is 1. The van der Waals surface area contributed by atoms with Gasteiger partial charge in [0.25, 0.3) is 5.91 Å². The Morgan fingerprint density at radius 3 is 2.59 bits per heavy atom. The standard InChI is InChI=1S/C29H29F3N6O/c1-19-4-3-5-24(27(19)34)26(33)9-6-20-14-22(17-35-16-20)28(39)36-23-8-7-21(25(15-23)29(30,31)32)18-38-12-10-37(2)11-13-38/h3-5,7-8,14-17,33H,10-13,18,34H2,1-2H3,(H,36,39). The molecule has 1 amide bonds. The molecule has 202 valence electrons. The molecule has 2 aromatic carbocycles. The summed E-state index contributed by atoms with van der Waals surface area (Å²) < 4.78 is 41.7. The molecule has 3 aromatic rings. The lowest BCUT2D eigenvalue weighted by molar-refractivity contribution is -0.138. The number of hydrogen-bond acceptors (Lipinski definition) is 6. The van der Waals surface area contributed by atoms with Gasteiger partial charge < -0.3 is 16.0 Å². The average molecular weight is 535 g/mol. The number of nitrogens with zero attached hydrogens (tertiary/aromatic N) is 3. The molecular weight excluding hydrogens is 505 g/mol. The zero-order valence-electron chi connectivity index (χ0n) is 21.7. The van der Waals surface area contributed by atoms with Crippen LogP contribution in [0.4, 0.5) is 24.5 Å². The van der Waals surface area contributed by atoms with E-state index in [1.165, 1.54) is 30.6 Å². The number of amides is 1. The second kappa shape index (κ2) is 11.7. The van der Waals surface area contributed by atoms with E-state index < -0.39 is 17.6 Å². The molecule has 0 radical (unpaired) electrons. The van der Waals surface area contributed by atoms with Crippen LogP contribution >= 0.6 is 0 Å². The predicted octanol–water partition coefficient (Wildman–Crippen LogP) is 4.41. The Bertz CT molecular complexity index is 1450. The number of aromatic nitrogens is 1. The number of likely N-dealkylation sites (N-methyl/N-ethyl adjacent to an activating group) is 1. The second-order valence-electron chi connectivity index (χ2n) is 9.53. The zero-order valence-corrected chi connectivity index (χ0v) is 21.7. The van der Waals surface area contributed by atoms with Gasteiger partial charge in [-0.25, -0.2) is 0 Å². The first-order chi connectivity index (χ1) is 18.5. The first kappa shape index (κ1) is 27.8. The highest BCUT2D eigenvalue weighted by molar-refractivity contribution is 6.14. The number of nitrogen functional groups attached to an aromatic ring is 1. The number of halogens is 3. The van der Waals surface area contributed by atoms with E-state index in [0.29, 0.717) is 29.9 Å². The molecule has 7 nitrogen and oxygen atoms in total. The summed E-state index contributed by atoms with van der Waals surface area (Å²) in [4.78, 5) is 21.0. The zero-order chi connectivity index (χ0) is 28.2. The molecule has 0 atom stereocenters. The minimum atomic E-state index is -4.56. The minimum Gasteiger partial charge on any atom is -0.398 e. The summed E-state index contributed by atoms with van der Waals surface area (Å²) in [6.45, 7) is 5.00. The van der Waals surface area contributed by atoms with Crippen molar-refractivity contribution in [3.05, 3.63) is 88.2 Å². The average Bonchev–Trinajstić information content (AvgIpc) is 2.90. The van der Waals surface area contributed by atoms with Gasteiger partial charge in [0, 0.05) is 67.6 Å². The fourth-order valence-electron chi connectivity index (χ4n) is 4.24. The summed E-state index contributed by atoms with van der Waals surface area (Å²) in [7, 11) is 1.99. The summed E-state index contributed by atoms with van der Waals surface area (Å²) in [5.74, 6) is 4.89. The highest BCUT2D eigenvalue weighted by atomic mass is 19.4. The molecule has 39 heavy (non-hydrogen) atoms. The van der Waals surface area contributed by atoms with Crippen molar-refractivity contribution in [3.63, 3.8) is 0 Å². The van der Waals surface area contributed by atoms with Crippen LogP contribution in [0, 0.1) is 24.2 Å². The number of alkyl halides is 3. The van der Waals surface area contributed by atoms with Gasteiger partial charge in [-0.1, -0.05) is 30.2 Å². The molecule has 1 aliphatic heterocycles. The Balaban J connectivity index is 1.49. The van der Waals surface area contributed by atoms with E-state index in [1.807, 2.05) is 24.9 Å². The van der Waals surface area contributed by atoms with Crippen LogP contribution in [-0.2, 0) is 12.7 Å². The number of piperazine rings is 1. The quantitative estimate of drug-likeness (QED) is 0.256. The van der Waals surface area contributed by atoms with Crippen molar-refractivity contribution in [1.82, 2.24) is 14.8 Å². The molecule has 1 saturated heterocycles. The minimum absolute atomic E-state index is 0.0161. The van der Waals surface area contributed by atoms with Gasteiger partial charge in [-0.05, 0) is 49.2 Å². The third-order valence-corrected chi connectivity index (χ3v) is 6.59. The molecular formula is C29H29F3N6O. The summed E-state index contributed by atoms with van der Waals surface area (Å²) in [6.07, 6.45) is -1.83. The number of rotatable bonds is 5. The molecule has 4 N–H and O–H groups in total. The van der Waals surface area contributed by atoms with Gasteiger partial charge in [0.1, 0.15) is 5.71 Å². The number of benzene rings is 2. The van der Waals surface area contributed by atoms with Gasteiger partial charge in [0.15, 0.2) is 0 Å². The number of nitrogens with one attached hydrogen (secondary N) is 2. The molecule has 2 heterocycles. The molecule has 4 rings (SSSR count). The number of nitrogens with two attached hydrogens (primary N) is 1. The maximum absolute atomic E-state index is 13.9. The van der Waals surface area contributed by atoms with Crippen molar-refractivity contribution in [3.8, 4) is 11.8 Å². The Hall–Kier alpha value is -4.20. The molecule has 0 aliphatic carbocycles. The van der Waals surface area contributed by atoms with Crippen LogP contribution in [0.5, 0.6) is 0 Å². The third-order valence-electron chi connectivity index (χ3n) is 6.59. The SMILES string of the molecule is Cc1cccc(C(=N)C#Cc2cncc(C(=O)Nc3ccc(CN4CCN(C)CC4)c(C(F)(F)F)c3)c2)c1N. The van der Waals surface area contributed by atoms with Crippen molar-refractivity contribution in [1.29, 1.82) is 5.41 Å². The highest BCUT2D eigenvalue weighted by Gasteiger charge is 2.34. The van der Waals surface area contributed by atoms with E-state index in [1.54, 1.807) is 12.1 Å². The first-order valence-corrected chi connectivity index (χ1v) is 12.3. The van der Waals surface area contributed by atoms with Gasteiger partial charge in [0.2, 0.25) is 0 Å². The van der Waals surface area contributed by atoms with Crippen LogP contribution in [0.25, 0.3) is 0 Å². The number of carbonyl (C=O) groups is 1. The van der Waals surface area contributed by atoms with E-state index in [0.717, 1.165) is 24.7 Å². The Morgan fingerprint density at radius 1 is 1.13 bits per heavy atom. The lowest BCUT2D eigenvalue weighted by atomic mass is 10.0. The van der Waals surface area contributed by atoms with Crippen LogP contribution in [0.1, 0.15) is 38.2 Å². The molecule has 0 spiro atoms. The number of carbonyl (C=O) groups excluding carboxylic acids is 1. The fourth-order valence-corrected chi connectivity index (χ4v) is 4.24. The molecule has 0 unspecified atom stereocenters. The monoisotopic (exact) mass is 534 g/mol. The maximum Gasteiger partial charge on any atom is 0.416 e. The van der Waals surface area contributed by atoms with Gasteiger partial charge >= 0.3 is 6.18 Å². The van der Waals surface area contributed by atoms with Crippen molar-refractivity contribution < 1.29 is 18.0 Å². The van der Waals surface area contributed by atoms with Crippen molar-refractivity contribution in [2.24, 2.45) is 0 Å². The lowest BCUT2D eigenvalue weighted by Crippen LogP contribution is -2.44. The van der Waals surface area contributed by atoms with E-state index in [-0.39, 0.29) is 29.1 Å². The van der Waals surface area contributed by atoms with Gasteiger partial charge in [-0.2, -0.15) is 13.2 Å². The Labute approximate surface area is 225 Å². The van der Waals surface area contributed by atoms with Crippen molar-refractivity contribution in [2.45, 2.75) is 19.6 Å². The topological polar surface area (TPSA) is 98.3 Å². The lowest BCUT2D eigenvalue weighted by Gasteiger charge is -2.33. The molecule has 1 aliphatic rings. The van der Waals surface area contributed by atoms with E-state index >= 15 is 0 Å². The van der Waals surface area contributed by atoms with Gasteiger partial charge in [-0.3, -0.25) is 20.1 Å². The summed E-state index contributed by atoms with van der Waals surface area (Å²) in [5.41, 5.74) is 7.78.